The molecular formula is C18H22N2O5S. The Morgan fingerprint density at radius 2 is 2.08 bits per heavy atom. The summed E-state index contributed by atoms with van der Waals surface area (Å²) in [6.45, 7) is 3.38. The zero-order chi connectivity index (χ0) is 18.8. The number of carboxylic acids is 1. The summed E-state index contributed by atoms with van der Waals surface area (Å²) in [7, 11) is 0. The first-order valence-electron chi connectivity index (χ1n) is 8.88. The van der Waals surface area contributed by atoms with Crippen molar-refractivity contribution in [1.29, 1.82) is 0 Å². The SMILES string of the molecule is CCC(C(=O)O)n1cnc2sc(C(=O)OC3CCCCC3)c(C)c2c1=O. The molecule has 2 aromatic rings. The summed E-state index contributed by atoms with van der Waals surface area (Å²) < 4.78 is 6.73. The monoisotopic (exact) mass is 378 g/mol. The van der Waals surface area contributed by atoms with Crippen LogP contribution in [0.4, 0.5) is 0 Å². The summed E-state index contributed by atoms with van der Waals surface area (Å²) in [5, 5.41) is 9.61. The Kier molecular flexibility index (Phi) is 5.41. The molecule has 1 fully saturated rings. The molecule has 0 aromatic carbocycles. The fourth-order valence-electron chi connectivity index (χ4n) is 3.43. The van der Waals surface area contributed by atoms with E-state index in [1.807, 2.05) is 0 Å². The van der Waals surface area contributed by atoms with Crippen molar-refractivity contribution < 1.29 is 19.4 Å². The van der Waals surface area contributed by atoms with Gasteiger partial charge in [-0.25, -0.2) is 14.6 Å². The second kappa shape index (κ2) is 7.57. The summed E-state index contributed by atoms with van der Waals surface area (Å²) in [5.41, 5.74) is 0.0765. The van der Waals surface area contributed by atoms with Crippen molar-refractivity contribution in [3.63, 3.8) is 0 Å². The van der Waals surface area contributed by atoms with Gasteiger partial charge in [0.1, 0.15) is 21.9 Å². The number of aryl methyl sites for hydroxylation is 1. The Morgan fingerprint density at radius 1 is 1.38 bits per heavy atom. The Balaban J connectivity index is 1.97. The van der Waals surface area contributed by atoms with Crippen molar-refractivity contribution in [1.82, 2.24) is 9.55 Å². The van der Waals surface area contributed by atoms with Crippen LogP contribution in [0.5, 0.6) is 0 Å². The van der Waals surface area contributed by atoms with Gasteiger partial charge >= 0.3 is 11.9 Å². The number of esters is 1. The van der Waals surface area contributed by atoms with Gasteiger partial charge in [-0.05, 0) is 44.6 Å². The average molecular weight is 378 g/mol. The first kappa shape index (κ1) is 18.6. The summed E-state index contributed by atoms with van der Waals surface area (Å²) >= 11 is 1.12. The summed E-state index contributed by atoms with van der Waals surface area (Å²) in [6.07, 6.45) is 6.48. The highest BCUT2D eigenvalue weighted by Crippen LogP contribution is 2.29. The zero-order valence-corrected chi connectivity index (χ0v) is 15.7. The van der Waals surface area contributed by atoms with Crippen LogP contribution in [0.1, 0.15) is 66.7 Å². The van der Waals surface area contributed by atoms with Gasteiger partial charge in [0.25, 0.3) is 5.56 Å². The Morgan fingerprint density at radius 3 is 2.69 bits per heavy atom. The molecule has 1 aliphatic carbocycles. The van der Waals surface area contributed by atoms with E-state index in [2.05, 4.69) is 4.98 Å². The molecule has 7 nitrogen and oxygen atoms in total. The molecule has 0 spiro atoms. The maximum absolute atomic E-state index is 12.8. The van der Waals surface area contributed by atoms with E-state index >= 15 is 0 Å². The topological polar surface area (TPSA) is 98.5 Å². The minimum absolute atomic E-state index is 0.0676. The molecule has 26 heavy (non-hydrogen) atoms. The number of rotatable bonds is 5. The molecule has 0 radical (unpaired) electrons. The van der Waals surface area contributed by atoms with Crippen molar-refractivity contribution in [2.24, 2.45) is 0 Å². The second-order valence-corrected chi connectivity index (χ2v) is 7.62. The van der Waals surface area contributed by atoms with Gasteiger partial charge in [-0.2, -0.15) is 0 Å². The van der Waals surface area contributed by atoms with Crippen molar-refractivity contribution >= 4 is 33.5 Å². The van der Waals surface area contributed by atoms with Crippen LogP contribution in [0.15, 0.2) is 11.1 Å². The molecule has 0 bridgehead atoms. The Hall–Kier alpha value is -2.22. The summed E-state index contributed by atoms with van der Waals surface area (Å²) in [4.78, 5) is 41.7. The molecule has 8 heteroatoms. The van der Waals surface area contributed by atoms with E-state index in [-0.39, 0.29) is 12.5 Å². The molecule has 1 unspecified atom stereocenters. The van der Waals surface area contributed by atoms with Crippen LogP contribution >= 0.6 is 11.3 Å². The summed E-state index contributed by atoms with van der Waals surface area (Å²) in [6, 6.07) is -0.976. The zero-order valence-electron chi connectivity index (χ0n) is 14.9. The lowest BCUT2D eigenvalue weighted by Gasteiger charge is -2.21. The smallest absolute Gasteiger partial charge is 0.348 e. The maximum Gasteiger partial charge on any atom is 0.348 e. The van der Waals surface area contributed by atoms with E-state index in [0.717, 1.165) is 41.6 Å². The van der Waals surface area contributed by atoms with Crippen molar-refractivity contribution in [2.45, 2.75) is 64.5 Å². The number of ether oxygens (including phenoxy) is 1. The lowest BCUT2D eigenvalue weighted by atomic mass is 9.98. The number of thiophene rings is 1. The fraction of sp³-hybridized carbons (Fsp3) is 0.556. The van der Waals surface area contributed by atoms with Crippen LogP contribution in [0.25, 0.3) is 10.2 Å². The molecule has 140 valence electrons. The van der Waals surface area contributed by atoms with Crippen molar-refractivity contribution in [3.8, 4) is 0 Å². The van der Waals surface area contributed by atoms with E-state index in [1.54, 1.807) is 13.8 Å². The first-order chi connectivity index (χ1) is 12.4. The number of carbonyl (C=O) groups is 2. The number of carboxylic acid groups (broad SMARTS) is 1. The molecule has 1 aliphatic rings. The molecule has 0 amide bonds. The van der Waals surface area contributed by atoms with E-state index in [9.17, 15) is 19.5 Å². The van der Waals surface area contributed by atoms with Gasteiger partial charge < -0.3 is 9.84 Å². The maximum atomic E-state index is 12.8. The van der Waals surface area contributed by atoms with Gasteiger partial charge in [0.05, 0.1) is 11.7 Å². The molecule has 2 heterocycles. The Bertz CT molecular complexity index is 895. The van der Waals surface area contributed by atoms with Crippen LogP contribution in [-0.4, -0.2) is 32.7 Å². The van der Waals surface area contributed by atoms with Crippen LogP contribution in [0.3, 0.4) is 0 Å². The standard InChI is InChI=1S/C18H22N2O5S/c1-3-12(17(22)23)20-9-19-15-13(16(20)21)10(2)14(26-15)18(24)25-11-7-5-4-6-8-11/h9,11-12H,3-8H2,1-2H3,(H,22,23). The van der Waals surface area contributed by atoms with Gasteiger partial charge in [0, 0.05) is 0 Å². The van der Waals surface area contributed by atoms with Gasteiger partial charge in [-0.15, -0.1) is 11.3 Å². The lowest BCUT2D eigenvalue weighted by Crippen LogP contribution is -2.29. The highest BCUT2D eigenvalue weighted by molar-refractivity contribution is 7.20. The minimum atomic E-state index is -1.08. The molecule has 0 saturated heterocycles. The fourth-order valence-corrected chi connectivity index (χ4v) is 4.45. The van der Waals surface area contributed by atoms with Crippen LogP contribution in [0.2, 0.25) is 0 Å². The predicted molar refractivity (Wildman–Crippen MR) is 97.9 cm³/mol. The number of aliphatic carboxylic acids is 1. The van der Waals surface area contributed by atoms with E-state index in [0.29, 0.717) is 20.7 Å². The molecule has 3 rings (SSSR count). The minimum Gasteiger partial charge on any atom is -0.480 e. The third kappa shape index (κ3) is 3.38. The number of nitrogens with zero attached hydrogens (tertiary/aromatic N) is 2. The number of carbonyl (C=O) groups excluding carboxylic acids is 1. The van der Waals surface area contributed by atoms with Gasteiger partial charge in [-0.1, -0.05) is 13.3 Å². The third-order valence-corrected chi connectivity index (χ3v) is 6.07. The van der Waals surface area contributed by atoms with Crippen LogP contribution in [-0.2, 0) is 9.53 Å². The van der Waals surface area contributed by atoms with Gasteiger partial charge in [0.15, 0.2) is 0 Å². The predicted octanol–water partition coefficient (Wildman–Crippen LogP) is 3.29. The molecule has 2 aromatic heterocycles. The quantitative estimate of drug-likeness (QED) is 0.802. The van der Waals surface area contributed by atoms with Crippen molar-refractivity contribution in [2.75, 3.05) is 0 Å². The highest BCUT2D eigenvalue weighted by atomic mass is 32.1. The average Bonchev–Trinajstić information content (AvgIpc) is 2.96. The van der Waals surface area contributed by atoms with Gasteiger partial charge in [0.2, 0.25) is 0 Å². The molecule has 1 atom stereocenters. The number of hydrogen-bond donors (Lipinski definition) is 1. The largest absolute Gasteiger partial charge is 0.480 e. The van der Waals surface area contributed by atoms with Crippen LogP contribution in [0, 0.1) is 6.92 Å². The third-order valence-electron chi connectivity index (χ3n) is 4.89. The van der Waals surface area contributed by atoms with Gasteiger partial charge in [-0.3, -0.25) is 9.36 Å². The number of hydrogen-bond acceptors (Lipinski definition) is 6. The number of fused-ring (bicyclic) bond motifs is 1. The molecular weight excluding hydrogens is 356 g/mol. The van der Waals surface area contributed by atoms with E-state index in [4.69, 9.17) is 4.74 Å². The summed E-state index contributed by atoms with van der Waals surface area (Å²) in [5.74, 6) is -1.51. The first-order valence-corrected chi connectivity index (χ1v) is 9.69. The van der Waals surface area contributed by atoms with Crippen molar-refractivity contribution in [3.05, 3.63) is 27.1 Å². The Labute approximate surface area is 154 Å². The second-order valence-electron chi connectivity index (χ2n) is 6.62. The van der Waals surface area contributed by atoms with E-state index < -0.39 is 23.5 Å². The molecule has 0 aliphatic heterocycles. The van der Waals surface area contributed by atoms with E-state index in [1.165, 1.54) is 12.7 Å². The lowest BCUT2D eigenvalue weighted by molar-refractivity contribution is -0.141. The highest BCUT2D eigenvalue weighted by Gasteiger charge is 2.26. The van der Waals surface area contributed by atoms with Crippen LogP contribution < -0.4 is 5.56 Å². The normalized spacial score (nSPS) is 16.5. The molecule has 1 N–H and O–H groups in total. The number of aromatic nitrogens is 2. The molecule has 1 saturated carbocycles.